The average molecular weight is 293 g/mol. The maximum atomic E-state index is 5.77. The minimum Gasteiger partial charge on any atom is -0.381 e. The molecule has 1 aliphatic carbocycles. The van der Waals surface area contributed by atoms with Gasteiger partial charge in [0, 0.05) is 23.4 Å². The van der Waals surface area contributed by atoms with Crippen molar-refractivity contribution in [3.8, 4) is 0 Å². The van der Waals surface area contributed by atoms with Gasteiger partial charge in [-0.15, -0.1) is 11.3 Å². The van der Waals surface area contributed by atoms with Crippen molar-refractivity contribution in [2.75, 3.05) is 19.8 Å². The zero-order valence-corrected chi connectivity index (χ0v) is 13.4. The Labute approximate surface area is 126 Å². The van der Waals surface area contributed by atoms with Crippen LogP contribution in [0.15, 0.2) is 11.4 Å². The molecule has 1 aromatic rings. The van der Waals surface area contributed by atoms with Crippen LogP contribution in [0.3, 0.4) is 0 Å². The van der Waals surface area contributed by atoms with Crippen molar-refractivity contribution in [2.45, 2.75) is 57.4 Å². The molecule has 1 aliphatic heterocycles. The first kappa shape index (κ1) is 14.6. The third-order valence-electron chi connectivity index (χ3n) is 4.87. The Kier molecular flexibility index (Phi) is 5.14. The first-order valence-electron chi connectivity index (χ1n) is 8.27. The molecule has 0 radical (unpaired) electrons. The number of aryl methyl sites for hydroxylation is 1. The molecule has 0 amide bonds. The third-order valence-corrected chi connectivity index (χ3v) is 5.86. The second-order valence-corrected chi connectivity index (χ2v) is 7.26. The van der Waals surface area contributed by atoms with E-state index < -0.39 is 0 Å². The molecule has 0 aromatic carbocycles. The van der Waals surface area contributed by atoms with Gasteiger partial charge in [-0.2, -0.15) is 0 Å². The zero-order valence-electron chi connectivity index (χ0n) is 12.6. The minimum absolute atomic E-state index is 0.615. The summed E-state index contributed by atoms with van der Waals surface area (Å²) in [7, 11) is 0. The summed E-state index contributed by atoms with van der Waals surface area (Å²) in [6, 6.07) is 3.00. The summed E-state index contributed by atoms with van der Waals surface area (Å²) in [5, 5.41) is 6.15. The SMILES string of the molecule is CCCNC(C1CCCOC1)C1CCCc2sccc21. The lowest BCUT2D eigenvalue weighted by Crippen LogP contribution is -2.45. The van der Waals surface area contributed by atoms with Crippen LogP contribution in [-0.4, -0.2) is 25.8 Å². The normalized spacial score (nSPS) is 28.1. The van der Waals surface area contributed by atoms with E-state index in [1.165, 1.54) is 38.5 Å². The topological polar surface area (TPSA) is 21.3 Å². The van der Waals surface area contributed by atoms with Gasteiger partial charge in [0.25, 0.3) is 0 Å². The zero-order chi connectivity index (χ0) is 13.8. The van der Waals surface area contributed by atoms with Crippen LogP contribution in [0.2, 0.25) is 0 Å². The van der Waals surface area contributed by atoms with Gasteiger partial charge in [-0.3, -0.25) is 0 Å². The summed E-state index contributed by atoms with van der Waals surface area (Å²) < 4.78 is 5.77. The Morgan fingerprint density at radius 2 is 2.35 bits per heavy atom. The molecule has 0 saturated carbocycles. The van der Waals surface area contributed by atoms with Gasteiger partial charge in [-0.05, 0) is 68.0 Å². The highest BCUT2D eigenvalue weighted by Crippen LogP contribution is 2.40. The fraction of sp³-hybridized carbons (Fsp3) is 0.765. The summed E-state index contributed by atoms with van der Waals surface area (Å²) in [5.41, 5.74) is 1.64. The largest absolute Gasteiger partial charge is 0.381 e. The molecular formula is C17H27NOS. The van der Waals surface area contributed by atoms with E-state index in [1.54, 1.807) is 10.4 Å². The van der Waals surface area contributed by atoms with Crippen molar-refractivity contribution in [2.24, 2.45) is 5.92 Å². The Balaban J connectivity index is 1.78. The Morgan fingerprint density at radius 1 is 1.40 bits per heavy atom. The quantitative estimate of drug-likeness (QED) is 0.887. The number of nitrogens with one attached hydrogen (secondary N) is 1. The molecular weight excluding hydrogens is 266 g/mol. The van der Waals surface area contributed by atoms with Gasteiger partial charge in [0.15, 0.2) is 0 Å². The predicted octanol–water partition coefficient (Wildman–Crippen LogP) is 3.96. The van der Waals surface area contributed by atoms with Gasteiger partial charge in [0.1, 0.15) is 0 Å². The lowest BCUT2D eigenvalue weighted by molar-refractivity contribution is 0.0336. The van der Waals surface area contributed by atoms with Gasteiger partial charge < -0.3 is 10.1 Å². The van der Waals surface area contributed by atoms with Gasteiger partial charge in [-0.1, -0.05) is 6.92 Å². The molecule has 3 rings (SSSR count). The molecule has 3 unspecified atom stereocenters. The van der Waals surface area contributed by atoms with Gasteiger partial charge in [-0.25, -0.2) is 0 Å². The number of fused-ring (bicyclic) bond motifs is 1. The van der Waals surface area contributed by atoms with E-state index in [0.29, 0.717) is 17.9 Å². The van der Waals surface area contributed by atoms with Crippen LogP contribution in [0, 0.1) is 5.92 Å². The highest BCUT2D eigenvalue weighted by Gasteiger charge is 2.34. The van der Waals surface area contributed by atoms with Crippen LogP contribution >= 0.6 is 11.3 Å². The van der Waals surface area contributed by atoms with E-state index in [1.807, 2.05) is 11.3 Å². The summed E-state index contributed by atoms with van der Waals surface area (Å²) in [6.07, 6.45) is 7.78. The standard InChI is InChI=1S/C17H27NOS/c1-2-9-18-17(13-5-4-10-19-12-13)15-6-3-7-16-14(15)8-11-20-16/h8,11,13,15,17-18H,2-7,9-10,12H2,1H3. The van der Waals surface area contributed by atoms with E-state index in [-0.39, 0.29) is 0 Å². The molecule has 1 aromatic heterocycles. The second-order valence-electron chi connectivity index (χ2n) is 6.25. The van der Waals surface area contributed by atoms with Gasteiger partial charge in [0.05, 0.1) is 6.61 Å². The molecule has 0 spiro atoms. The van der Waals surface area contributed by atoms with E-state index in [9.17, 15) is 0 Å². The average Bonchev–Trinajstić information content (AvgIpc) is 2.98. The molecule has 2 nitrogen and oxygen atoms in total. The lowest BCUT2D eigenvalue weighted by Gasteiger charge is -2.38. The monoisotopic (exact) mass is 293 g/mol. The van der Waals surface area contributed by atoms with Crippen LogP contribution < -0.4 is 5.32 Å². The number of thiophene rings is 1. The number of hydrogen-bond acceptors (Lipinski definition) is 3. The Bertz CT molecular complexity index is 411. The van der Waals surface area contributed by atoms with Crippen LogP contribution in [0.4, 0.5) is 0 Å². The van der Waals surface area contributed by atoms with E-state index in [2.05, 4.69) is 23.7 Å². The molecule has 20 heavy (non-hydrogen) atoms. The Morgan fingerprint density at radius 3 is 3.15 bits per heavy atom. The first-order chi connectivity index (χ1) is 9.90. The maximum absolute atomic E-state index is 5.77. The summed E-state index contributed by atoms with van der Waals surface area (Å²) in [5.74, 6) is 1.41. The first-order valence-corrected chi connectivity index (χ1v) is 9.15. The highest BCUT2D eigenvalue weighted by molar-refractivity contribution is 7.10. The molecule has 1 saturated heterocycles. The van der Waals surface area contributed by atoms with Crippen molar-refractivity contribution in [1.29, 1.82) is 0 Å². The van der Waals surface area contributed by atoms with E-state index in [4.69, 9.17) is 4.74 Å². The fourth-order valence-electron chi connectivity index (χ4n) is 3.89. The summed E-state index contributed by atoms with van der Waals surface area (Å²) in [4.78, 5) is 1.64. The maximum Gasteiger partial charge on any atom is 0.0509 e. The molecule has 112 valence electrons. The number of rotatable bonds is 5. The van der Waals surface area contributed by atoms with Gasteiger partial charge in [0.2, 0.25) is 0 Å². The van der Waals surface area contributed by atoms with E-state index >= 15 is 0 Å². The van der Waals surface area contributed by atoms with Crippen molar-refractivity contribution < 1.29 is 4.74 Å². The molecule has 0 bridgehead atoms. The number of ether oxygens (including phenoxy) is 1. The molecule has 2 aliphatic rings. The second kappa shape index (κ2) is 7.06. The minimum atomic E-state index is 0.615. The van der Waals surface area contributed by atoms with Crippen LogP contribution in [0.25, 0.3) is 0 Å². The summed E-state index contributed by atoms with van der Waals surface area (Å²) >= 11 is 1.96. The predicted molar refractivity (Wildman–Crippen MR) is 85.6 cm³/mol. The van der Waals surface area contributed by atoms with Crippen molar-refractivity contribution in [1.82, 2.24) is 5.32 Å². The molecule has 1 fully saturated rings. The third kappa shape index (κ3) is 3.10. The van der Waals surface area contributed by atoms with Crippen LogP contribution in [0.1, 0.15) is 55.4 Å². The lowest BCUT2D eigenvalue weighted by atomic mass is 9.76. The Hall–Kier alpha value is -0.380. The summed E-state index contributed by atoms with van der Waals surface area (Å²) in [6.45, 7) is 5.32. The van der Waals surface area contributed by atoms with Crippen molar-refractivity contribution in [3.05, 3.63) is 21.9 Å². The molecule has 1 N–H and O–H groups in total. The van der Waals surface area contributed by atoms with Crippen molar-refractivity contribution >= 4 is 11.3 Å². The highest BCUT2D eigenvalue weighted by atomic mass is 32.1. The van der Waals surface area contributed by atoms with Crippen LogP contribution in [-0.2, 0) is 11.2 Å². The van der Waals surface area contributed by atoms with Gasteiger partial charge >= 0.3 is 0 Å². The van der Waals surface area contributed by atoms with E-state index in [0.717, 1.165) is 19.8 Å². The fourth-order valence-corrected chi connectivity index (χ4v) is 4.89. The molecule has 3 atom stereocenters. The van der Waals surface area contributed by atoms with Crippen molar-refractivity contribution in [3.63, 3.8) is 0 Å². The molecule has 3 heteroatoms. The number of hydrogen-bond donors (Lipinski definition) is 1. The van der Waals surface area contributed by atoms with Crippen LogP contribution in [0.5, 0.6) is 0 Å². The smallest absolute Gasteiger partial charge is 0.0509 e. The molecule has 2 heterocycles.